The Labute approximate surface area is 591 Å². The maximum absolute atomic E-state index is 14.1. The van der Waals surface area contributed by atoms with E-state index in [1.807, 2.05) is 13.8 Å². The highest BCUT2D eigenvalue weighted by Gasteiger charge is 2.59. The number of phenolic OH excluding ortho intramolecular Hbond substituents is 4. The molecule has 1 unspecified atom stereocenters. The molecular weight excluding hydrogens is 1330 g/mol. The minimum Gasteiger partial charge on any atom is -0.507 e. The molecule has 6 heterocycles. The Morgan fingerprint density at radius 3 is 1.62 bits per heavy atom. The molecule has 0 radical (unpaired) electrons. The topological polar surface area (TPSA) is 382 Å². The van der Waals surface area contributed by atoms with Crippen molar-refractivity contribution in [1.29, 1.82) is 0 Å². The number of carbonyl (C=O) groups is 6. The Kier molecular flexibility index (Phi) is 22.4. The number of aliphatic hydroxyl groups excluding tert-OH is 1. The second-order valence-corrected chi connectivity index (χ2v) is 27.6. The molecule has 0 bridgehead atoms. The number of aromatic hydroxyl groups is 4. The lowest BCUT2D eigenvalue weighted by molar-refractivity contribution is -0.259. The number of Topliss-reactive ketones (excluding diaryl/α,β-unsaturated/α-hetero) is 1. The second kappa shape index (κ2) is 29.6. The summed E-state index contributed by atoms with van der Waals surface area (Å²) in [5.74, 6) is -6.83. The van der Waals surface area contributed by atoms with Crippen molar-refractivity contribution in [2.75, 3.05) is 54.8 Å². The number of morpholine rings is 1. The third-order valence-electron chi connectivity index (χ3n) is 21.3. The van der Waals surface area contributed by atoms with Crippen LogP contribution in [-0.4, -0.2) is 215 Å². The van der Waals surface area contributed by atoms with Gasteiger partial charge in [-0.3, -0.25) is 33.7 Å². The number of amides is 1. The van der Waals surface area contributed by atoms with Crippen LogP contribution in [0, 0.1) is 23.7 Å². The highest BCUT2D eigenvalue weighted by Crippen LogP contribution is 2.57. The summed E-state index contributed by atoms with van der Waals surface area (Å²) in [5.41, 5.74) is -3.85. The molecule has 10 aliphatic rings. The summed E-state index contributed by atoms with van der Waals surface area (Å²) in [6.45, 7) is 11.0. The highest BCUT2D eigenvalue weighted by molar-refractivity contribution is 6.32. The zero-order valence-corrected chi connectivity index (χ0v) is 56.4. The van der Waals surface area contributed by atoms with Crippen LogP contribution in [0.15, 0.2) is 41.5 Å². The molecule has 4 aromatic rings. The normalized spacial score (nSPS) is 31.8. The number of hydrogen-bond donors (Lipinski definition) is 8. The van der Waals surface area contributed by atoms with Gasteiger partial charge in [0.15, 0.2) is 48.7 Å². The summed E-state index contributed by atoms with van der Waals surface area (Å²) in [5, 5.41) is 85.9. The van der Waals surface area contributed by atoms with E-state index in [1.54, 1.807) is 48.0 Å². The Bertz CT molecular complexity index is 3990. The van der Waals surface area contributed by atoms with Crippen molar-refractivity contribution in [1.82, 2.24) is 10.3 Å². The Morgan fingerprint density at radius 1 is 0.608 bits per heavy atom. The number of aliphatic hydroxyl groups is 3. The maximum Gasteiger partial charge on any atom is 0.242 e. The van der Waals surface area contributed by atoms with Gasteiger partial charge in [-0.05, 0) is 44.2 Å². The van der Waals surface area contributed by atoms with E-state index in [1.165, 1.54) is 44.6 Å². The number of hydrogen-bond acceptors (Lipinski definition) is 27. The molecule has 1 amide bonds. The molecular formula is C74H95N3O25. The van der Waals surface area contributed by atoms with Crippen molar-refractivity contribution in [3.05, 3.63) is 103 Å². The number of methoxy groups -OCH3 is 4. The van der Waals surface area contributed by atoms with Gasteiger partial charge in [-0.15, -0.1) is 0 Å². The molecule has 0 aromatic heterocycles. The maximum atomic E-state index is 14.1. The van der Waals surface area contributed by atoms with E-state index in [0.29, 0.717) is 26.2 Å². The third-order valence-corrected chi connectivity index (χ3v) is 21.3. The number of rotatable bonds is 14. The Hall–Kier alpha value is -7.39. The van der Waals surface area contributed by atoms with Crippen LogP contribution < -0.4 is 14.9 Å². The molecule has 0 spiro atoms. The fourth-order valence-electron chi connectivity index (χ4n) is 16.6. The second-order valence-electron chi connectivity index (χ2n) is 27.6. The summed E-state index contributed by atoms with van der Waals surface area (Å²) >= 11 is 0. The van der Waals surface area contributed by atoms with E-state index in [0.717, 1.165) is 6.42 Å². The number of nitrogens with zero attached hydrogens (tertiary/aromatic N) is 2. The molecule has 6 saturated heterocycles. The average Bonchev–Trinajstić information content (AvgIpc) is 0.978. The number of ether oxygens (including phenoxy) is 12. The molecule has 4 aliphatic carbocycles. The molecule has 102 heavy (non-hydrogen) atoms. The number of ketones is 5. The largest absolute Gasteiger partial charge is 0.507 e. The van der Waals surface area contributed by atoms with Crippen LogP contribution >= 0.6 is 0 Å². The SMILES string of the molecule is C.C.C.COc1cccc2c1C(=O)c1c(O)c3c(c(O)c1C2=O)C[C@@](O)(/C(CO)=N/NC(=O)C(C)C)C[C@@H]3O[C@H]1C[C@H]2[C@H](O[C@@H]3[C@@H](OC)OCCN32)[C@H](C)O1.COc1cccc2c1C(=O)c1c(O)c3c(c(O)c1C2=O)C[C@@](O)(C(=O)C(C)C)C[C@@H]3O[C@H]1C[C@@H]2C3CCO[C@H](OC)[C@H]3O[C@@H]2[C@H](C)O1. The lowest BCUT2D eigenvalue weighted by Crippen LogP contribution is -2.55. The zero-order chi connectivity index (χ0) is 70.7. The van der Waals surface area contributed by atoms with Crippen LogP contribution in [0.1, 0.15) is 194 Å². The van der Waals surface area contributed by atoms with E-state index in [4.69, 9.17) is 56.8 Å². The lowest BCUT2D eigenvalue weighted by Gasteiger charge is -2.44. The van der Waals surface area contributed by atoms with Crippen molar-refractivity contribution in [3.8, 4) is 34.5 Å². The molecule has 4 aromatic carbocycles. The third kappa shape index (κ3) is 12.7. The fourth-order valence-corrected chi connectivity index (χ4v) is 16.6. The van der Waals surface area contributed by atoms with Crippen LogP contribution in [0.3, 0.4) is 0 Å². The molecule has 6 aliphatic heterocycles. The molecule has 28 heteroatoms. The number of hydrazone groups is 1. The van der Waals surface area contributed by atoms with Crippen molar-refractivity contribution in [2.45, 2.75) is 200 Å². The van der Waals surface area contributed by atoms with Gasteiger partial charge >= 0.3 is 0 Å². The summed E-state index contributed by atoms with van der Waals surface area (Å²) in [6.07, 6.45) is -7.57. The van der Waals surface area contributed by atoms with Crippen molar-refractivity contribution in [3.63, 3.8) is 0 Å². The van der Waals surface area contributed by atoms with Gasteiger partial charge in [-0.2, -0.15) is 5.10 Å². The summed E-state index contributed by atoms with van der Waals surface area (Å²) in [6, 6.07) is 8.81. The molecule has 17 atom stereocenters. The molecule has 14 rings (SSSR count). The number of fused-ring (bicyclic) bond motifs is 12. The van der Waals surface area contributed by atoms with Gasteiger partial charge in [-0.1, -0.05) is 74.2 Å². The predicted molar refractivity (Wildman–Crippen MR) is 362 cm³/mol. The van der Waals surface area contributed by atoms with Crippen molar-refractivity contribution in [2.24, 2.45) is 28.8 Å². The first-order valence-corrected chi connectivity index (χ1v) is 33.4. The Balaban J connectivity index is 0.000000214. The van der Waals surface area contributed by atoms with Crippen LogP contribution in [0.4, 0.5) is 0 Å². The molecule has 8 N–H and O–H groups in total. The van der Waals surface area contributed by atoms with Gasteiger partial charge in [0, 0.05) is 111 Å². The summed E-state index contributed by atoms with van der Waals surface area (Å²) in [4.78, 5) is 83.8. The standard InChI is InChI=1S/C36H43N3O13.C35H40O12.3CH4/c1-15(2)33(45)38-37-22(14-40)36(46)12-18-25(31(44)27-26(29(18)42)28(41)17-7-6-8-20(47-4)24(17)30(27)43)21(13-36)51-23-11-19-32(16(3)50-23)52-34-35(48-5)49-10-9-39(19)34;1-14(2)33(40)35(41)12-19-24(30(39)26-25(28(19)37)27(36)17-7-6-8-20(42-4)23(17)29(26)38)21(13-35)46-22-11-18-16-9-10-44-34(43-5)32(16)47-31(18)15(3)45-22;;;/h6-8,15-16,19,21,23,32,34-35,40,42,44,46H,9-14H2,1-5H3,(H,38,45);6-8,14-16,18,21-22,31-32,34,37,39,41H,9-13H2,1-5H3;3*1H4/b37-22+;;;;/t16-,19-,21-,23-,32+,34+,35-,36-;15-,16?,18+,21-,22-,31+,32-,34-,35-;;;/m00.../s1. The van der Waals surface area contributed by atoms with Gasteiger partial charge in [0.25, 0.3) is 0 Å². The van der Waals surface area contributed by atoms with E-state index < -0.39 is 166 Å². The minimum atomic E-state index is -2.07. The molecule has 0 saturated carbocycles. The van der Waals surface area contributed by atoms with Crippen LogP contribution in [0.5, 0.6) is 34.5 Å². The van der Waals surface area contributed by atoms with Crippen molar-refractivity contribution >= 4 is 40.5 Å². The van der Waals surface area contributed by atoms with E-state index >= 15 is 0 Å². The first-order valence-electron chi connectivity index (χ1n) is 33.4. The van der Waals surface area contributed by atoms with Gasteiger partial charge in [-0.25, -0.2) is 5.43 Å². The molecule has 6 fully saturated rings. The van der Waals surface area contributed by atoms with E-state index in [2.05, 4.69) is 15.4 Å². The lowest BCUT2D eigenvalue weighted by atomic mass is 9.70. The zero-order valence-electron chi connectivity index (χ0n) is 56.4. The minimum absolute atomic E-state index is 0. The first-order chi connectivity index (χ1) is 47.2. The van der Waals surface area contributed by atoms with E-state index in [-0.39, 0.29) is 151 Å². The predicted octanol–water partition coefficient (Wildman–Crippen LogP) is 6.55. The fraction of sp³-hybridized carbons (Fsp3) is 0.581. The number of phenols is 4. The molecule has 556 valence electrons. The van der Waals surface area contributed by atoms with Crippen molar-refractivity contribution < 1.29 is 121 Å². The highest BCUT2D eigenvalue weighted by atomic mass is 16.7. The summed E-state index contributed by atoms with van der Waals surface area (Å²) in [7, 11) is 5.84. The number of nitrogens with one attached hydrogen (secondary N) is 1. The average molecular weight is 1430 g/mol. The Morgan fingerprint density at radius 2 is 1.11 bits per heavy atom. The van der Waals surface area contributed by atoms with E-state index in [9.17, 15) is 64.5 Å². The van der Waals surface area contributed by atoms with Gasteiger partial charge in [0.1, 0.15) is 57.9 Å². The first kappa shape index (κ1) is 77.2. The van der Waals surface area contributed by atoms with Gasteiger partial charge < -0.3 is 92.6 Å². The smallest absolute Gasteiger partial charge is 0.242 e. The van der Waals surface area contributed by atoms with Gasteiger partial charge in [0.2, 0.25) is 17.5 Å². The number of carbonyl (C=O) groups excluding carboxylic acids is 6. The van der Waals surface area contributed by atoms with Crippen LogP contribution in [-0.2, 0) is 69.8 Å². The van der Waals surface area contributed by atoms with Crippen LogP contribution in [0.2, 0.25) is 0 Å². The summed E-state index contributed by atoms with van der Waals surface area (Å²) < 4.78 is 71.7. The monoisotopic (exact) mass is 1430 g/mol. The van der Waals surface area contributed by atoms with Crippen LogP contribution in [0.25, 0.3) is 0 Å². The molecule has 28 nitrogen and oxygen atoms in total. The quantitative estimate of drug-likeness (QED) is 0.0325. The van der Waals surface area contributed by atoms with Gasteiger partial charge in [0.05, 0.1) is 104 Å². The number of benzene rings is 4.